The van der Waals surface area contributed by atoms with Gasteiger partial charge in [0.25, 0.3) is 5.91 Å². The van der Waals surface area contributed by atoms with Crippen molar-refractivity contribution in [3.63, 3.8) is 0 Å². The van der Waals surface area contributed by atoms with E-state index in [2.05, 4.69) is 5.32 Å². The standard InChI is InChI=1S/C17H22N2O5S/c1-12-4-3-8-19(11-12)25(22,23)14-6-2-5-13(10-14)16(20)18-15-7-9-24-17(15)21/h2,5-6,10,12,15H,3-4,7-9,11H2,1H3,(H,18,20)/t12-,15-/m1/s1. The van der Waals surface area contributed by atoms with Crippen LogP contribution >= 0.6 is 0 Å². The number of cyclic esters (lactones) is 1. The molecule has 3 rings (SSSR count). The average Bonchev–Trinajstić information content (AvgIpc) is 3.00. The molecule has 0 saturated carbocycles. The van der Waals surface area contributed by atoms with Crippen molar-refractivity contribution in [3.8, 4) is 0 Å². The molecule has 1 N–H and O–H groups in total. The van der Waals surface area contributed by atoms with E-state index in [4.69, 9.17) is 4.74 Å². The maximum atomic E-state index is 12.8. The van der Waals surface area contributed by atoms with Gasteiger partial charge in [-0.15, -0.1) is 0 Å². The zero-order valence-corrected chi connectivity index (χ0v) is 14.9. The van der Waals surface area contributed by atoms with Crippen LogP contribution in [-0.2, 0) is 19.6 Å². The van der Waals surface area contributed by atoms with E-state index in [0.29, 0.717) is 25.4 Å². The van der Waals surface area contributed by atoms with E-state index in [1.54, 1.807) is 6.07 Å². The highest BCUT2D eigenvalue weighted by molar-refractivity contribution is 7.89. The maximum Gasteiger partial charge on any atom is 0.328 e. The number of ether oxygens (including phenoxy) is 1. The first-order valence-corrected chi connectivity index (χ1v) is 9.89. The number of esters is 1. The molecule has 2 heterocycles. The molecule has 1 amide bonds. The number of nitrogens with one attached hydrogen (secondary N) is 1. The third kappa shape index (κ3) is 3.85. The SMILES string of the molecule is C[C@@H]1CCCN(S(=O)(=O)c2cccc(C(=O)N[C@@H]3CCOC3=O)c2)C1. The summed E-state index contributed by atoms with van der Waals surface area (Å²) in [7, 11) is -3.63. The van der Waals surface area contributed by atoms with Gasteiger partial charge in [0, 0.05) is 25.1 Å². The molecule has 2 atom stereocenters. The highest BCUT2D eigenvalue weighted by atomic mass is 32.2. The number of hydrogen-bond acceptors (Lipinski definition) is 5. The van der Waals surface area contributed by atoms with Crippen molar-refractivity contribution in [2.24, 2.45) is 5.92 Å². The summed E-state index contributed by atoms with van der Waals surface area (Å²) in [5, 5.41) is 2.59. The van der Waals surface area contributed by atoms with Crippen molar-refractivity contribution in [1.29, 1.82) is 0 Å². The van der Waals surface area contributed by atoms with Crippen molar-refractivity contribution in [1.82, 2.24) is 9.62 Å². The van der Waals surface area contributed by atoms with Gasteiger partial charge in [0.1, 0.15) is 6.04 Å². The zero-order chi connectivity index (χ0) is 18.0. The van der Waals surface area contributed by atoms with Crippen LogP contribution in [0, 0.1) is 5.92 Å². The summed E-state index contributed by atoms with van der Waals surface area (Å²) in [5.41, 5.74) is 0.214. The smallest absolute Gasteiger partial charge is 0.328 e. The number of rotatable bonds is 4. The molecule has 7 nitrogen and oxygen atoms in total. The number of carbonyl (C=O) groups excluding carboxylic acids is 2. The van der Waals surface area contributed by atoms with Crippen molar-refractivity contribution in [2.45, 2.75) is 37.1 Å². The van der Waals surface area contributed by atoms with Crippen LogP contribution in [0.3, 0.4) is 0 Å². The Labute approximate surface area is 147 Å². The van der Waals surface area contributed by atoms with E-state index in [0.717, 1.165) is 12.8 Å². The van der Waals surface area contributed by atoms with Crippen LogP contribution in [0.25, 0.3) is 0 Å². The third-order valence-corrected chi connectivity index (χ3v) is 6.46. The lowest BCUT2D eigenvalue weighted by Crippen LogP contribution is -2.39. The van der Waals surface area contributed by atoms with Crippen LogP contribution in [0.1, 0.15) is 36.5 Å². The molecule has 0 aromatic heterocycles. The summed E-state index contributed by atoms with van der Waals surface area (Å²) in [6, 6.07) is 5.27. The van der Waals surface area contributed by atoms with Crippen LogP contribution < -0.4 is 5.32 Å². The van der Waals surface area contributed by atoms with Crippen molar-refractivity contribution < 1.29 is 22.7 Å². The number of piperidine rings is 1. The Morgan fingerprint density at radius 1 is 1.32 bits per heavy atom. The first-order valence-electron chi connectivity index (χ1n) is 8.45. The summed E-state index contributed by atoms with van der Waals surface area (Å²) in [6.45, 7) is 3.31. The molecular formula is C17H22N2O5S. The summed E-state index contributed by atoms with van der Waals surface area (Å²) < 4.78 is 31.9. The third-order valence-electron chi connectivity index (χ3n) is 4.59. The zero-order valence-electron chi connectivity index (χ0n) is 14.1. The number of benzene rings is 1. The number of amides is 1. The molecule has 0 spiro atoms. The van der Waals surface area contributed by atoms with Gasteiger partial charge < -0.3 is 10.1 Å². The van der Waals surface area contributed by atoms with E-state index >= 15 is 0 Å². The van der Waals surface area contributed by atoms with E-state index in [9.17, 15) is 18.0 Å². The topological polar surface area (TPSA) is 92.8 Å². The van der Waals surface area contributed by atoms with Crippen LogP contribution in [-0.4, -0.2) is 50.3 Å². The largest absolute Gasteiger partial charge is 0.464 e. The lowest BCUT2D eigenvalue weighted by atomic mass is 10.0. The van der Waals surface area contributed by atoms with Crippen LogP contribution in [0.15, 0.2) is 29.2 Å². The van der Waals surface area contributed by atoms with Gasteiger partial charge in [0.05, 0.1) is 11.5 Å². The predicted molar refractivity (Wildman–Crippen MR) is 90.4 cm³/mol. The number of nitrogens with zero attached hydrogens (tertiary/aromatic N) is 1. The Hall–Kier alpha value is -1.93. The van der Waals surface area contributed by atoms with E-state index in [1.807, 2.05) is 6.92 Å². The Balaban J connectivity index is 1.78. The molecule has 8 heteroatoms. The lowest BCUT2D eigenvalue weighted by Gasteiger charge is -2.30. The maximum absolute atomic E-state index is 12.8. The Bertz CT molecular complexity index is 777. The quantitative estimate of drug-likeness (QED) is 0.807. The molecule has 1 aromatic rings. The van der Waals surface area contributed by atoms with Crippen molar-refractivity contribution in [3.05, 3.63) is 29.8 Å². The summed E-state index contributed by atoms with van der Waals surface area (Å²) in [6.07, 6.45) is 2.28. The van der Waals surface area contributed by atoms with E-state index < -0.39 is 27.9 Å². The first-order chi connectivity index (χ1) is 11.9. The molecule has 136 valence electrons. The van der Waals surface area contributed by atoms with Gasteiger partial charge in [-0.2, -0.15) is 4.31 Å². The Kier molecular flexibility index (Phi) is 5.10. The highest BCUT2D eigenvalue weighted by Crippen LogP contribution is 2.24. The molecule has 2 aliphatic rings. The second-order valence-electron chi connectivity index (χ2n) is 6.62. The van der Waals surface area contributed by atoms with Crippen LogP contribution in [0.5, 0.6) is 0 Å². The van der Waals surface area contributed by atoms with Gasteiger partial charge >= 0.3 is 5.97 Å². The minimum absolute atomic E-state index is 0.100. The molecule has 25 heavy (non-hydrogen) atoms. The Morgan fingerprint density at radius 3 is 2.80 bits per heavy atom. The van der Waals surface area contributed by atoms with Gasteiger partial charge in [-0.25, -0.2) is 13.2 Å². The molecule has 0 radical (unpaired) electrons. The first kappa shape index (κ1) is 17.9. The predicted octanol–water partition coefficient (Wildman–Crippen LogP) is 1.15. The van der Waals surface area contributed by atoms with Gasteiger partial charge in [-0.05, 0) is 37.0 Å². The monoisotopic (exact) mass is 366 g/mol. The second kappa shape index (κ2) is 7.13. The minimum Gasteiger partial charge on any atom is -0.464 e. The second-order valence-corrected chi connectivity index (χ2v) is 8.56. The van der Waals surface area contributed by atoms with Crippen molar-refractivity contribution in [2.75, 3.05) is 19.7 Å². The minimum atomic E-state index is -3.63. The van der Waals surface area contributed by atoms with E-state index in [-0.39, 0.29) is 17.1 Å². The number of carbonyl (C=O) groups is 2. The lowest BCUT2D eigenvalue weighted by molar-refractivity contribution is -0.139. The molecule has 0 unspecified atom stereocenters. The fraction of sp³-hybridized carbons (Fsp3) is 0.529. The van der Waals surface area contributed by atoms with Gasteiger partial charge in [0.15, 0.2) is 0 Å². The van der Waals surface area contributed by atoms with E-state index in [1.165, 1.54) is 22.5 Å². The summed E-state index contributed by atoms with van der Waals surface area (Å²) >= 11 is 0. The fourth-order valence-corrected chi connectivity index (χ4v) is 4.82. The molecule has 0 bridgehead atoms. The van der Waals surface area contributed by atoms with Gasteiger partial charge in [-0.3, -0.25) is 4.79 Å². The Morgan fingerprint density at radius 2 is 2.12 bits per heavy atom. The molecular weight excluding hydrogens is 344 g/mol. The van der Waals surface area contributed by atoms with Crippen LogP contribution in [0.2, 0.25) is 0 Å². The van der Waals surface area contributed by atoms with Crippen molar-refractivity contribution >= 4 is 21.9 Å². The summed E-state index contributed by atoms with van der Waals surface area (Å²) in [5.74, 6) is -0.615. The van der Waals surface area contributed by atoms with Gasteiger partial charge in [0.2, 0.25) is 10.0 Å². The number of sulfonamides is 1. The normalized spacial score (nSPS) is 24.8. The molecule has 1 aromatic carbocycles. The fourth-order valence-electron chi connectivity index (χ4n) is 3.18. The highest BCUT2D eigenvalue weighted by Gasteiger charge is 2.30. The van der Waals surface area contributed by atoms with Gasteiger partial charge in [-0.1, -0.05) is 13.0 Å². The average molecular weight is 366 g/mol. The molecule has 2 saturated heterocycles. The molecule has 2 fully saturated rings. The summed E-state index contributed by atoms with van der Waals surface area (Å²) in [4.78, 5) is 23.9. The number of hydrogen-bond donors (Lipinski definition) is 1. The molecule has 0 aliphatic carbocycles. The molecule has 2 aliphatic heterocycles. The van der Waals surface area contributed by atoms with Crippen LogP contribution in [0.4, 0.5) is 0 Å².